The summed E-state index contributed by atoms with van der Waals surface area (Å²) in [5.41, 5.74) is 8.04. The smallest absolute Gasteiger partial charge is 0.225 e. The fourth-order valence-corrected chi connectivity index (χ4v) is 2.64. The van der Waals surface area contributed by atoms with Crippen LogP contribution in [0.15, 0.2) is 48.5 Å². The van der Waals surface area contributed by atoms with Gasteiger partial charge in [0.1, 0.15) is 0 Å². The number of rotatable bonds is 5. The second kappa shape index (κ2) is 9.28. The molecule has 3 nitrogen and oxygen atoms in total. The van der Waals surface area contributed by atoms with Crippen molar-refractivity contribution in [2.75, 3.05) is 0 Å². The van der Waals surface area contributed by atoms with Crippen LogP contribution in [0, 0.1) is 5.92 Å². The fraction of sp³-hybridized carbons (Fsp3) is 0.278. The van der Waals surface area contributed by atoms with E-state index in [2.05, 4.69) is 5.32 Å². The highest BCUT2D eigenvalue weighted by Gasteiger charge is 2.23. The molecular formula is C18H21Cl3N2O. The first-order valence-electron chi connectivity index (χ1n) is 7.46. The highest BCUT2D eigenvalue weighted by Crippen LogP contribution is 2.26. The normalized spacial score (nSPS) is 14.2. The number of nitrogens with one attached hydrogen (secondary N) is 1. The average molecular weight is 388 g/mol. The fourth-order valence-electron chi connectivity index (χ4n) is 2.34. The van der Waals surface area contributed by atoms with Gasteiger partial charge in [0, 0.05) is 6.04 Å². The highest BCUT2D eigenvalue weighted by atomic mass is 35.5. The molecule has 0 aliphatic rings. The van der Waals surface area contributed by atoms with Gasteiger partial charge in [0.15, 0.2) is 0 Å². The SMILES string of the molecule is CC(NC(=O)C(C)C(N)c1ccccc1)c1ccc(Cl)c(Cl)c1.Cl. The summed E-state index contributed by atoms with van der Waals surface area (Å²) in [4.78, 5) is 12.4. The minimum atomic E-state index is -0.350. The molecule has 0 radical (unpaired) electrons. The van der Waals surface area contributed by atoms with Gasteiger partial charge in [-0.25, -0.2) is 0 Å². The molecule has 130 valence electrons. The third-order valence-corrected chi connectivity index (χ3v) is 4.68. The maximum absolute atomic E-state index is 12.4. The van der Waals surface area contributed by atoms with Crippen molar-refractivity contribution < 1.29 is 4.79 Å². The van der Waals surface area contributed by atoms with Crippen molar-refractivity contribution in [1.29, 1.82) is 0 Å². The Morgan fingerprint density at radius 3 is 2.21 bits per heavy atom. The monoisotopic (exact) mass is 386 g/mol. The molecule has 0 aromatic heterocycles. The Kier molecular flexibility index (Phi) is 8.04. The Morgan fingerprint density at radius 2 is 1.62 bits per heavy atom. The number of halogens is 3. The molecule has 0 saturated heterocycles. The predicted octanol–water partition coefficient (Wildman–Crippen LogP) is 4.93. The zero-order chi connectivity index (χ0) is 17.0. The van der Waals surface area contributed by atoms with Crippen LogP contribution in [0.25, 0.3) is 0 Å². The molecule has 0 fully saturated rings. The molecule has 0 aliphatic carbocycles. The van der Waals surface area contributed by atoms with Gasteiger partial charge >= 0.3 is 0 Å². The van der Waals surface area contributed by atoms with Gasteiger partial charge in [-0.1, -0.05) is 66.5 Å². The summed E-state index contributed by atoms with van der Waals surface area (Å²) in [5.74, 6) is -0.442. The van der Waals surface area contributed by atoms with Crippen molar-refractivity contribution in [3.05, 3.63) is 69.7 Å². The molecule has 0 spiro atoms. The maximum Gasteiger partial charge on any atom is 0.225 e. The molecule has 3 unspecified atom stereocenters. The lowest BCUT2D eigenvalue weighted by molar-refractivity contribution is -0.125. The topological polar surface area (TPSA) is 55.1 Å². The lowest BCUT2D eigenvalue weighted by Crippen LogP contribution is -2.36. The number of carbonyl (C=O) groups excluding carboxylic acids is 1. The lowest BCUT2D eigenvalue weighted by atomic mass is 9.94. The second-order valence-electron chi connectivity index (χ2n) is 5.63. The predicted molar refractivity (Wildman–Crippen MR) is 103 cm³/mol. The Labute approximate surface area is 158 Å². The highest BCUT2D eigenvalue weighted by molar-refractivity contribution is 6.42. The van der Waals surface area contributed by atoms with E-state index in [0.717, 1.165) is 11.1 Å². The van der Waals surface area contributed by atoms with Gasteiger partial charge in [0.2, 0.25) is 5.91 Å². The van der Waals surface area contributed by atoms with Crippen molar-refractivity contribution in [3.8, 4) is 0 Å². The molecule has 2 rings (SSSR count). The van der Waals surface area contributed by atoms with Crippen molar-refractivity contribution in [2.45, 2.75) is 25.9 Å². The van der Waals surface area contributed by atoms with E-state index in [1.54, 1.807) is 12.1 Å². The van der Waals surface area contributed by atoms with E-state index in [9.17, 15) is 4.79 Å². The Balaban J connectivity index is 0.00000288. The van der Waals surface area contributed by atoms with Crippen molar-refractivity contribution in [1.82, 2.24) is 5.32 Å². The first-order valence-corrected chi connectivity index (χ1v) is 8.21. The molecule has 1 amide bonds. The van der Waals surface area contributed by atoms with Crippen LogP contribution in [-0.4, -0.2) is 5.91 Å². The maximum atomic E-state index is 12.4. The number of hydrogen-bond acceptors (Lipinski definition) is 2. The molecule has 2 aromatic carbocycles. The standard InChI is InChI=1S/C18H20Cl2N2O.ClH/c1-11(17(21)13-6-4-3-5-7-13)18(23)22-12(2)14-8-9-15(19)16(20)10-14;/h3-12,17H,21H2,1-2H3,(H,22,23);1H. The molecular weight excluding hydrogens is 367 g/mol. The van der Waals surface area contributed by atoms with E-state index in [1.807, 2.05) is 50.2 Å². The summed E-state index contributed by atoms with van der Waals surface area (Å²) in [5, 5.41) is 3.94. The van der Waals surface area contributed by atoms with Gasteiger partial charge in [-0.15, -0.1) is 12.4 Å². The third kappa shape index (κ3) is 5.12. The number of amides is 1. The van der Waals surface area contributed by atoms with Crippen molar-refractivity contribution >= 4 is 41.5 Å². The molecule has 6 heteroatoms. The third-order valence-electron chi connectivity index (χ3n) is 3.94. The molecule has 0 aliphatic heterocycles. The Hall–Kier alpha value is -1.26. The van der Waals surface area contributed by atoms with Crippen LogP contribution < -0.4 is 11.1 Å². The quantitative estimate of drug-likeness (QED) is 0.764. The van der Waals surface area contributed by atoms with Gasteiger partial charge in [-0.3, -0.25) is 4.79 Å². The van der Waals surface area contributed by atoms with Crippen LogP contribution in [0.1, 0.15) is 37.1 Å². The zero-order valence-corrected chi connectivity index (χ0v) is 15.8. The van der Waals surface area contributed by atoms with Crippen LogP contribution >= 0.6 is 35.6 Å². The molecule has 0 saturated carbocycles. The summed E-state index contributed by atoms with van der Waals surface area (Å²) in [6, 6.07) is 14.4. The lowest BCUT2D eigenvalue weighted by Gasteiger charge is -2.22. The number of hydrogen-bond donors (Lipinski definition) is 2. The van der Waals surface area contributed by atoms with E-state index < -0.39 is 0 Å². The molecule has 24 heavy (non-hydrogen) atoms. The number of nitrogens with two attached hydrogens (primary N) is 1. The zero-order valence-electron chi connectivity index (χ0n) is 13.5. The van der Waals surface area contributed by atoms with E-state index in [4.69, 9.17) is 28.9 Å². The van der Waals surface area contributed by atoms with Crippen LogP contribution in [0.5, 0.6) is 0 Å². The van der Waals surface area contributed by atoms with Gasteiger partial charge in [0.25, 0.3) is 0 Å². The summed E-state index contributed by atoms with van der Waals surface area (Å²) >= 11 is 11.9. The van der Waals surface area contributed by atoms with E-state index in [1.165, 1.54) is 0 Å². The van der Waals surface area contributed by atoms with E-state index >= 15 is 0 Å². The van der Waals surface area contributed by atoms with E-state index in [-0.39, 0.29) is 36.3 Å². The minimum absolute atomic E-state index is 0. The first-order chi connectivity index (χ1) is 10.9. The molecule has 3 N–H and O–H groups in total. The van der Waals surface area contributed by atoms with Gasteiger partial charge in [0.05, 0.1) is 22.0 Å². The molecule has 3 atom stereocenters. The summed E-state index contributed by atoms with van der Waals surface area (Å²) in [6.07, 6.45) is 0. The Bertz CT molecular complexity index is 679. The molecule has 0 bridgehead atoms. The van der Waals surface area contributed by atoms with Crippen LogP contribution in [0.4, 0.5) is 0 Å². The summed E-state index contributed by atoms with van der Waals surface area (Å²) < 4.78 is 0. The second-order valence-corrected chi connectivity index (χ2v) is 6.44. The summed E-state index contributed by atoms with van der Waals surface area (Å²) in [6.45, 7) is 3.73. The Morgan fingerprint density at radius 1 is 1.00 bits per heavy atom. The van der Waals surface area contributed by atoms with Crippen LogP contribution in [-0.2, 0) is 4.79 Å². The van der Waals surface area contributed by atoms with E-state index in [0.29, 0.717) is 10.0 Å². The van der Waals surface area contributed by atoms with Crippen molar-refractivity contribution in [3.63, 3.8) is 0 Å². The number of carbonyl (C=O) groups is 1. The largest absolute Gasteiger partial charge is 0.349 e. The van der Waals surface area contributed by atoms with Gasteiger partial charge in [-0.05, 0) is 30.2 Å². The van der Waals surface area contributed by atoms with Crippen molar-refractivity contribution in [2.24, 2.45) is 11.7 Å². The van der Waals surface area contributed by atoms with Gasteiger partial charge in [-0.2, -0.15) is 0 Å². The average Bonchev–Trinajstić information content (AvgIpc) is 2.56. The number of benzene rings is 2. The van der Waals surface area contributed by atoms with Crippen LogP contribution in [0.2, 0.25) is 10.0 Å². The minimum Gasteiger partial charge on any atom is -0.349 e. The van der Waals surface area contributed by atoms with Gasteiger partial charge < -0.3 is 11.1 Å². The molecule has 2 aromatic rings. The molecule has 0 heterocycles. The summed E-state index contributed by atoms with van der Waals surface area (Å²) in [7, 11) is 0. The first kappa shape index (κ1) is 20.8. The van der Waals surface area contributed by atoms with Crippen LogP contribution in [0.3, 0.4) is 0 Å².